The highest BCUT2D eigenvalue weighted by Gasteiger charge is 2.22. The number of methoxy groups -OCH3 is 1. The maximum atomic E-state index is 12.5. The molecule has 5 rings (SSSR count). The number of ether oxygens (including phenoxy) is 3. The highest BCUT2D eigenvalue weighted by Crippen LogP contribution is 2.47. The zero-order chi connectivity index (χ0) is 27.4. The van der Waals surface area contributed by atoms with Crippen LogP contribution in [0, 0.1) is 0 Å². The van der Waals surface area contributed by atoms with Gasteiger partial charge in [-0.1, -0.05) is 54.6 Å². The number of carboxylic acid groups (broad SMARTS) is 1. The van der Waals surface area contributed by atoms with Crippen molar-refractivity contribution in [2.24, 2.45) is 0 Å². The van der Waals surface area contributed by atoms with Crippen molar-refractivity contribution >= 4 is 51.3 Å². The van der Waals surface area contributed by atoms with Crippen molar-refractivity contribution in [1.82, 2.24) is 0 Å². The highest BCUT2D eigenvalue weighted by atomic mass is 32.2. The third kappa shape index (κ3) is 5.53. The van der Waals surface area contributed by atoms with Crippen LogP contribution in [0.5, 0.6) is 17.2 Å². The topological polar surface area (TPSA) is 114 Å². The molecule has 0 fully saturated rings. The molecule has 5 aromatic rings. The van der Waals surface area contributed by atoms with Crippen LogP contribution in [0.2, 0.25) is 0 Å². The molecule has 0 unspecified atom stereocenters. The van der Waals surface area contributed by atoms with Crippen LogP contribution in [-0.2, 0) is 9.53 Å². The van der Waals surface area contributed by atoms with Crippen LogP contribution in [0.15, 0.2) is 95.9 Å². The lowest BCUT2D eigenvalue weighted by Gasteiger charge is -2.19. The number of anilines is 1. The summed E-state index contributed by atoms with van der Waals surface area (Å²) in [6.07, 6.45) is -1.17. The van der Waals surface area contributed by atoms with E-state index in [-0.39, 0.29) is 11.5 Å². The van der Waals surface area contributed by atoms with E-state index in [9.17, 15) is 14.7 Å². The molecular weight excluding hydrogens is 518 g/mol. The van der Waals surface area contributed by atoms with Crippen LogP contribution in [0.25, 0.3) is 32.7 Å². The summed E-state index contributed by atoms with van der Waals surface area (Å²) in [7, 11) is 1.61. The highest BCUT2D eigenvalue weighted by molar-refractivity contribution is 8.00. The number of hydrogen-bond acceptors (Lipinski definition) is 8. The van der Waals surface area contributed by atoms with Crippen LogP contribution in [0.1, 0.15) is 0 Å². The molecule has 8 nitrogen and oxygen atoms in total. The number of aromatic hydroxyl groups is 1. The number of carboxylic acids is 1. The van der Waals surface area contributed by atoms with Crippen LogP contribution < -0.4 is 14.2 Å². The zero-order valence-corrected chi connectivity index (χ0v) is 21.5. The van der Waals surface area contributed by atoms with Gasteiger partial charge in [-0.15, -0.1) is 0 Å². The van der Waals surface area contributed by atoms with E-state index in [1.165, 1.54) is 11.9 Å². The SMILES string of the molecule is COc1ccc(SNc2cc(-c3c(O)ccc4ccccc34)c(OC(=O)OCC(=O)O)c3ccccc23)cc1. The number of benzene rings is 5. The third-order valence-corrected chi connectivity index (χ3v) is 6.84. The number of aliphatic carboxylic acids is 1. The Morgan fingerprint density at radius 2 is 1.56 bits per heavy atom. The summed E-state index contributed by atoms with van der Waals surface area (Å²) in [6, 6.07) is 27.6. The van der Waals surface area contributed by atoms with Gasteiger partial charge in [0.2, 0.25) is 0 Å². The molecule has 5 aromatic carbocycles. The Labute approximate surface area is 227 Å². The van der Waals surface area contributed by atoms with Gasteiger partial charge < -0.3 is 29.1 Å². The van der Waals surface area contributed by atoms with E-state index < -0.39 is 18.7 Å². The predicted octanol–water partition coefficient (Wildman–Crippen LogP) is 7.09. The molecule has 0 aliphatic heterocycles. The van der Waals surface area contributed by atoms with Crippen molar-refractivity contribution in [3.63, 3.8) is 0 Å². The van der Waals surface area contributed by atoms with Crippen molar-refractivity contribution in [1.29, 1.82) is 0 Å². The van der Waals surface area contributed by atoms with Gasteiger partial charge in [-0.25, -0.2) is 9.59 Å². The van der Waals surface area contributed by atoms with Gasteiger partial charge in [0.1, 0.15) is 11.5 Å². The fraction of sp³-hybridized carbons (Fsp3) is 0.0667. The monoisotopic (exact) mass is 541 g/mol. The van der Waals surface area contributed by atoms with E-state index in [1.54, 1.807) is 37.4 Å². The van der Waals surface area contributed by atoms with E-state index in [1.807, 2.05) is 60.7 Å². The second-order valence-electron chi connectivity index (χ2n) is 8.44. The number of rotatable bonds is 8. The molecule has 196 valence electrons. The Morgan fingerprint density at radius 3 is 2.28 bits per heavy atom. The lowest BCUT2D eigenvalue weighted by molar-refractivity contribution is -0.140. The predicted molar refractivity (Wildman–Crippen MR) is 151 cm³/mol. The number of nitrogens with one attached hydrogen (secondary N) is 1. The molecule has 0 saturated heterocycles. The Bertz CT molecular complexity index is 1690. The first-order valence-electron chi connectivity index (χ1n) is 11.8. The summed E-state index contributed by atoms with van der Waals surface area (Å²) in [6.45, 7) is -0.843. The van der Waals surface area contributed by atoms with Gasteiger partial charge >= 0.3 is 12.1 Å². The first-order chi connectivity index (χ1) is 18.9. The summed E-state index contributed by atoms with van der Waals surface area (Å²) in [4.78, 5) is 24.4. The van der Waals surface area contributed by atoms with Gasteiger partial charge in [0, 0.05) is 26.8 Å². The molecule has 0 aromatic heterocycles. The lowest BCUT2D eigenvalue weighted by Crippen LogP contribution is -2.17. The standard InChI is InChI=1S/C30H23NO7S/c1-36-19-11-13-20(14-12-19)39-31-25-16-24(28-21-7-3-2-6-18(21)10-15-26(28)32)29(23-9-5-4-8-22(23)25)38-30(35)37-17-27(33)34/h2-16,31-32H,17H2,1H3,(H,33,34). The number of carbonyl (C=O) groups excluding carboxylic acids is 1. The molecule has 0 atom stereocenters. The first-order valence-corrected chi connectivity index (χ1v) is 12.7. The van der Waals surface area contributed by atoms with Crippen molar-refractivity contribution in [2.75, 3.05) is 18.4 Å². The minimum absolute atomic E-state index is 0.0125. The van der Waals surface area contributed by atoms with E-state index in [2.05, 4.69) is 4.72 Å². The molecule has 0 spiro atoms. The van der Waals surface area contributed by atoms with E-state index in [4.69, 9.17) is 19.3 Å². The normalized spacial score (nSPS) is 10.8. The average molecular weight is 542 g/mol. The number of hydrogen-bond donors (Lipinski definition) is 3. The zero-order valence-electron chi connectivity index (χ0n) is 20.7. The molecule has 0 aliphatic carbocycles. The molecule has 0 bridgehead atoms. The van der Waals surface area contributed by atoms with Crippen molar-refractivity contribution in [2.45, 2.75) is 4.90 Å². The second kappa shape index (κ2) is 11.2. The van der Waals surface area contributed by atoms with Gasteiger partial charge in [0.05, 0.1) is 12.8 Å². The molecule has 0 radical (unpaired) electrons. The third-order valence-electron chi connectivity index (χ3n) is 6.01. The quantitative estimate of drug-likeness (QED) is 0.108. The minimum atomic E-state index is -1.31. The number of carbonyl (C=O) groups is 2. The minimum Gasteiger partial charge on any atom is -0.507 e. The second-order valence-corrected chi connectivity index (χ2v) is 9.32. The number of fused-ring (bicyclic) bond motifs is 2. The molecule has 39 heavy (non-hydrogen) atoms. The Balaban J connectivity index is 1.67. The Morgan fingerprint density at radius 1 is 0.872 bits per heavy atom. The van der Waals surface area contributed by atoms with Gasteiger partial charge in [0.25, 0.3) is 0 Å². The molecule has 0 heterocycles. The molecular formula is C30H23NO7S. The van der Waals surface area contributed by atoms with E-state index in [0.29, 0.717) is 22.2 Å². The van der Waals surface area contributed by atoms with E-state index in [0.717, 1.165) is 26.8 Å². The maximum Gasteiger partial charge on any atom is 0.514 e. The van der Waals surface area contributed by atoms with Crippen molar-refractivity contribution < 1.29 is 34.0 Å². The fourth-order valence-electron chi connectivity index (χ4n) is 4.26. The van der Waals surface area contributed by atoms with Gasteiger partial charge in [-0.05, 0) is 59.1 Å². The maximum absolute atomic E-state index is 12.5. The summed E-state index contributed by atoms with van der Waals surface area (Å²) in [5, 5.41) is 22.9. The van der Waals surface area contributed by atoms with Crippen LogP contribution in [-0.4, -0.2) is 36.1 Å². The summed E-state index contributed by atoms with van der Waals surface area (Å²) < 4.78 is 19.0. The first kappa shape index (κ1) is 25.7. The van der Waals surface area contributed by atoms with Crippen LogP contribution >= 0.6 is 11.9 Å². The van der Waals surface area contributed by atoms with Gasteiger partial charge in [-0.2, -0.15) is 0 Å². The average Bonchev–Trinajstić information content (AvgIpc) is 2.96. The van der Waals surface area contributed by atoms with Crippen molar-refractivity contribution in [3.8, 4) is 28.4 Å². The van der Waals surface area contributed by atoms with Gasteiger partial charge in [-0.3, -0.25) is 0 Å². The smallest absolute Gasteiger partial charge is 0.507 e. The summed E-state index contributed by atoms with van der Waals surface area (Å²) in [5.74, 6) is -0.442. The molecule has 0 amide bonds. The Kier molecular flexibility index (Phi) is 7.42. The number of phenols is 1. The lowest BCUT2D eigenvalue weighted by atomic mass is 9.93. The largest absolute Gasteiger partial charge is 0.514 e. The van der Waals surface area contributed by atoms with Crippen LogP contribution in [0.4, 0.5) is 10.5 Å². The van der Waals surface area contributed by atoms with Crippen LogP contribution in [0.3, 0.4) is 0 Å². The summed E-state index contributed by atoms with van der Waals surface area (Å²) in [5.41, 5.74) is 1.59. The van der Waals surface area contributed by atoms with Crippen molar-refractivity contribution in [3.05, 3.63) is 91.0 Å². The molecule has 0 aliphatic rings. The van der Waals surface area contributed by atoms with Gasteiger partial charge in [0.15, 0.2) is 12.4 Å². The molecule has 0 saturated carbocycles. The molecule has 9 heteroatoms. The molecule has 3 N–H and O–H groups in total. The fourth-order valence-corrected chi connectivity index (χ4v) is 4.93. The number of phenolic OH excluding ortho intramolecular Hbond substituents is 1. The summed E-state index contributed by atoms with van der Waals surface area (Å²) >= 11 is 1.38. The Hall–Kier alpha value is -4.89. The van der Waals surface area contributed by atoms with E-state index >= 15 is 0 Å².